The molecule has 0 saturated heterocycles. The SMILES string of the molecule is Cc1cnc(C(=O)NC(C)CC(N)=NO)cn1. The fourth-order valence-electron chi connectivity index (χ4n) is 1.21. The molecule has 0 saturated carbocycles. The summed E-state index contributed by atoms with van der Waals surface area (Å²) >= 11 is 0. The molecule has 1 rings (SSSR count). The second-order valence-electron chi connectivity index (χ2n) is 3.71. The van der Waals surface area contributed by atoms with Gasteiger partial charge in [-0.2, -0.15) is 0 Å². The predicted molar refractivity (Wildman–Crippen MR) is 61.7 cm³/mol. The standard InChI is InChI=1S/C10H15N5O2/c1-6(3-9(11)15-17)14-10(16)8-5-12-7(2)4-13-8/h4-6,17H,3H2,1-2H3,(H2,11,15)(H,14,16). The van der Waals surface area contributed by atoms with Gasteiger partial charge in [-0.3, -0.25) is 9.78 Å². The van der Waals surface area contributed by atoms with Crippen LogP contribution in [0.4, 0.5) is 0 Å². The molecule has 7 nitrogen and oxygen atoms in total. The van der Waals surface area contributed by atoms with Crippen molar-refractivity contribution in [2.45, 2.75) is 26.3 Å². The predicted octanol–water partition coefficient (Wildman–Crippen LogP) is 0.0398. The Bertz CT molecular complexity index is 415. The van der Waals surface area contributed by atoms with Gasteiger partial charge in [0.2, 0.25) is 0 Å². The maximum absolute atomic E-state index is 11.7. The van der Waals surface area contributed by atoms with E-state index in [9.17, 15) is 4.79 Å². The van der Waals surface area contributed by atoms with E-state index in [0.717, 1.165) is 5.69 Å². The highest BCUT2D eigenvalue weighted by Gasteiger charge is 2.12. The molecule has 1 aromatic rings. The van der Waals surface area contributed by atoms with Gasteiger partial charge in [-0.05, 0) is 13.8 Å². The van der Waals surface area contributed by atoms with Crippen molar-refractivity contribution in [3.05, 3.63) is 23.8 Å². The van der Waals surface area contributed by atoms with E-state index in [0.29, 0.717) is 0 Å². The zero-order valence-electron chi connectivity index (χ0n) is 9.71. The second-order valence-corrected chi connectivity index (χ2v) is 3.71. The molecule has 0 bridgehead atoms. The van der Waals surface area contributed by atoms with Crippen molar-refractivity contribution in [1.82, 2.24) is 15.3 Å². The maximum atomic E-state index is 11.7. The number of oxime groups is 1. The third kappa shape index (κ3) is 4.06. The number of rotatable bonds is 4. The van der Waals surface area contributed by atoms with Gasteiger partial charge in [-0.1, -0.05) is 5.16 Å². The van der Waals surface area contributed by atoms with E-state index in [2.05, 4.69) is 20.4 Å². The summed E-state index contributed by atoms with van der Waals surface area (Å²) in [5.41, 5.74) is 6.31. The highest BCUT2D eigenvalue weighted by Crippen LogP contribution is 1.97. The second kappa shape index (κ2) is 5.78. The number of aromatic nitrogens is 2. The van der Waals surface area contributed by atoms with Crippen molar-refractivity contribution in [3.63, 3.8) is 0 Å². The van der Waals surface area contributed by atoms with Crippen LogP contribution < -0.4 is 11.1 Å². The lowest BCUT2D eigenvalue weighted by Crippen LogP contribution is -2.36. The van der Waals surface area contributed by atoms with Gasteiger partial charge in [0.25, 0.3) is 5.91 Å². The molecule has 0 fully saturated rings. The summed E-state index contributed by atoms with van der Waals surface area (Å²) in [6.45, 7) is 3.53. The topological polar surface area (TPSA) is 113 Å². The number of hydrogen-bond acceptors (Lipinski definition) is 5. The number of hydrogen-bond donors (Lipinski definition) is 3. The third-order valence-electron chi connectivity index (χ3n) is 2.03. The minimum Gasteiger partial charge on any atom is -0.409 e. The first-order valence-electron chi connectivity index (χ1n) is 5.09. The molecule has 17 heavy (non-hydrogen) atoms. The van der Waals surface area contributed by atoms with Crippen molar-refractivity contribution in [2.75, 3.05) is 0 Å². The van der Waals surface area contributed by atoms with Crippen LogP contribution in [0.5, 0.6) is 0 Å². The van der Waals surface area contributed by atoms with Gasteiger partial charge in [0.15, 0.2) is 0 Å². The van der Waals surface area contributed by atoms with Crippen LogP contribution in [-0.4, -0.2) is 33.0 Å². The normalized spacial score (nSPS) is 13.2. The van der Waals surface area contributed by atoms with Gasteiger partial charge in [0, 0.05) is 18.7 Å². The lowest BCUT2D eigenvalue weighted by Gasteiger charge is -2.12. The first kappa shape index (κ1) is 12.9. The van der Waals surface area contributed by atoms with Crippen molar-refractivity contribution < 1.29 is 10.0 Å². The third-order valence-corrected chi connectivity index (χ3v) is 2.03. The monoisotopic (exact) mass is 237 g/mol. The molecule has 0 aliphatic carbocycles. The van der Waals surface area contributed by atoms with Gasteiger partial charge in [0.1, 0.15) is 11.5 Å². The Balaban J connectivity index is 2.57. The highest BCUT2D eigenvalue weighted by molar-refractivity contribution is 5.92. The summed E-state index contributed by atoms with van der Waals surface area (Å²) in [6.07, 6.45) is 3.19. The Morgan fingerprint density at radius 3 is 2.82 bits per heavy atom. The van der Waals surface area contributed by atoms with E-state index < -0.39 is 0 Å². The molecule has 4 N–H and O–H groups in total. The summed E-state index contributed by atoms with van der Waals surface area (Å²) in [4.78, 5) is 19.6. The largest absolute Gasteiger partial charge is 0.409 e. The van der Waals surface area contributed by atoms with E-state index in [1.165, 1.54) is 12.4 Å². The van der Waals surface area contributed by atoms with E-state index in [4.69, 9.17) is 10.9 Å². The number of aryl methyl sites for hydroxylation is 1. The number of amides is 1. The number of nitrogens with zero attached hydrogens (tertiary/aromatic N) is 3. The average molecular weight is 237 g/mol. The Morgan fingerprint density at radius 2 is 2.29 bits per heavy atom. The fourth-order valence-corrected chi connectivity index (χ4v) is 1.21. The molecular weight excluding hydrogens is 222 g/mol. The van der Waals surface area contributed by atoms with E-state index in [-0.39, 0.29) is 29.9 Å². The molecule has 1 atom stereocenters. The van der Waals surface area contributed by atoms with Crippen molar-refractivity contribution >= 4 is 11.7 Å². The smallest absolute Gasteiger partial charge is 0.271 e. The lowest BCUT2D eigenvalue weighted by molar-refractivity contribution is 0.0935. The summed E-state index contributed by atoms with van der Waals surface area (Å²) in [6, 6.07) is -0.249. The molecule has 1 amide bonds. The zero-order chi connectivity index (χ0) is 12.8. The number of amidine groups is 1. The quantitative estimate of drug-likeness (QED) is 0.296. The summed E-state index contributed by atoms with van der Waals surface area (Å²) < 4.78 is 0. The van der Waals surface area contributed by atoms with Gasteiger partial charge < -0.3 is 16.3 Å². The van der Waals surface area contributed by atoms with Gasteiger partial charge in [-0.25, -0.2) is 4.98 Å². The minimum absolute atomic E-state index is 0.0628. The van der Waals surface area contributed by atoms with Gasteiger partial charge >= 0.3 is 0 Å². The first-order valence-corrected chi connectivity index (χ1v) is 5.09. The number of nitrogens with two attached hydrogens (primary N) is 1. The molecule has 0 aliphatic heterocycles. The van der Waals surface area contributed by atoms with E-state index in [1.807, 2.05) is 0 Å². The Labute approximate surface area is 98.8 Å². The fraction of sp³-hybridized carbons (Fsp3) is 0.400. The average Bonchev–Trinajstić information content (AvgIpc) is 2.29. The van der Waals surface area contributed by atoms with Crippen LogP contribution in [0.25, 0.3) is 0 Å². The van der Waals surface area contributed by atoms with Crippen LogP contribution in [0.3, 0.4) is 0 Å². The van der Waals surface area contributed by atoms with Crippen LogP contribution in [0.15, 0.2) is 17.5 Å². The number of nitrogens with one attached hydrogen (secondary N) is 1. The van der Waals surface area contributed by atoms with Gasteiger partial charge in [-0.15, -0.1) is 0 Å². The van der Waals surface area contributed by atoms with Crippen LogP contribution >= 0.6 is 0 Å². The van der Waals surface area contributed by atoms with E-state index in [1.54, 1.807) is 13.8 Å². The van der Waals surface area contributed by atoms with Crippen molar-refractivity contribution in [2.24, 2.45) is 10.9 Å². The molecule has 0 spiro atoms. The van der Waals surface area contributed by atoms with Crippen molar-refractivity contribution in [1.29, 1.82) is 0 Å². The zero-order valence-corrected chi connectivity index (χ0v) is 9.71. The van der Waals surface area contributed by atoms with Crippen molar-refractivity contribution in [3.8, 4) is 0 Å². The molecule has 1 aromatic heterocycles. The summed E-state index contributed by atoms with van der Waals surface area (Å²) in [5.74, 6) is -0.275. The maximum Gasteiger partial charge on any atom is 0.271 e. The molecule has 1 unspecified atom stereocenters. The Hall–Kier alpha value is -2.18. The molecule has 0 aliphatic rings. The summed E-state index contributed by atoms with van der Waals surface area (Å²) in [5, 5.41) is 13.9. The van der Waals surface area contributed by atoms with Gasteiger partial charge in [0.05, 0.1) is 11.9 Å². The molecule has 1 heterocycles. The lowest BCUT2D eigenvalue weighted by atomic mass is 10.2. The molecule has 0 radical (unpaired) electrons. The first-order chi connectivity index (χ1) is 8.02. The molecule has 92 valence electrons. The van der Waals surface area contributed by atoms with Crippen LogP contribution in [0.1, 0.15) is 29.5 Å². The number of carbonyl (C=O) groups is 1. The van der Waals surface area contributed by atoms with E-state index >= 15 is 0 Å². The Kier molecular flexibility index (Phi) is 4.38. The molecular formula is C10H15N5O2. The highest BCUT2D eigenvalue weighted by atomic mass is 16.4. The number of carbonyl (C=O) groups excluding carboxylic acids is 1. The molecule has 0 aromatic carbocycles. The summed E-state index contributed by atoms with van der Waals surface area (Å²) in [7, 11) is 0. The minimum atomic E-state index is -0.337. The van der Waals surface area contributed by atoms with Crippen LogP contribution in [0.2, 0.25) is 0 Å². The van der Waals surface area contributed by atoms with Crippen LogP contribution in [0, 0.1) is 6.92 Å². The van der Waals surface area contributed by atoms with Crippen LogP contribution in [-0.2, 0) is 0 Å². The Morgan fingerprint density at radius 1 is 1.59 bits per heavy atom. The molecule has 7 heteroatoms.